The summed E-state index contributed by atoms with van der Waals surface area (Å²) in [6.07, 6.45) is 0. The van der Waals surface area contributed by atoms with Crippen molar-refractivity contribution in [1.29, 1.82) is 0 Å². The first kappa shape index (κ1) is 18.7. The molecule has 0 aliphatic carbocycles. The Balaban J connectivity index is 1.63. The van der Waals surface area contributed by atoms with Crippen LogP contribution >= 0.6 is 23.2 Å². The number of fused-ring (bicyclic) bond motifs is 1. The first-order valence-electron chi connectivity index (χ1n) is 9.07. The first-order chi connectivity index (χ1) is 13.7. The molecule has 0 radical (unpaired) electrons. The lowest BCUT2D eigenvalue weighted by atomic mass is 10.0. The molecule has 4 aromatic rings. The highest BCUT2D eigenvalue weighted by Gasteiger charge is 2.10. The van der Waals surface area contributed by atoms with E-state index in [1.54, 1.807) is 6.07 Å². The van der Waals surface area contributed by atoms with Crippen LogP contribution in [0.2, 0.25) is 10.0 Å². The van der Waals surface area contributed by atoms with E-state index in [9.17, 15) is 0 Å². The summed E-state index contributed by atoms with van der Waals surface area (Å²) in [6.45, 7) is 1.04. The van der Waals surface area contributed by atoms with E-state index in [0.717, 1.165) is 22.6 Å². The highest BCUT2D eigenvalue weighted by atomic mass is 35.5. The minimum Gasteiger partial charge on any atom is -0.488 e. The van der Waals surface area contributed by atoms with Crippen LogP contribution in [0.15, 0.2) is 84.9 Å². The minimum absolute atomic E-state index is 0.382. The summed E-state index contributed by atoms with van der Waals surface area (Å²) < 4.78 is 6.17. The molecule has 0 amide bonds. The van der Waals surface area contributed by atoms with Gasteiger partial charge in [0.15, 0.2) is 0 Å². The zero-order valence-electron chi connectivity index (χ0n) is 15.2. The Morgan fingerprint density at radius 3 is 2.39 bits per heavy atom. The van der Waals surface area contributed by atoms with E-state index < -0.39 is 0 Å². The normalized spacial score (nSPS) is 10.8. The smallest absolute Gasteiger partial charge is 0.125 e. The van der Waals surface area contributed by atoms with Crippen molar-refractivity contribution in [2.24, 2.45) is 0 Å². The lowest BCUT2D eigenvalue weighted by Crippen LogP contribution is -2.05. The summed E-state index contributed by atoms with van der Waals surface area (Å²) in [6, 6.07) is 28.1. The molecule has 0 fully saturated rings. The van der Waals surface area contributed by atoms with Crippen molar-refractivity contribution in [3.63, 3.8) is 0 Å². The van der Waals surface area contributed by atoms with Crippen molar-refractivity contribution >= 4 is 39.7 Å². The Hall–Kier alpha value is -2.68. The summed E-state index contributed by atoms with van der Waals surface area (Å²) in [7, 11) is 0. The fraction of sp³-hybridized carbons (Fsp3) is 0.0833. The fourth-order valence-electron chi connectivity index (χ4n) is 3.17. The number of hydrogen-bond acceptors (Lipinski definition) is 2. The van der Waals surface area contributed by atoms with E-state index in [1.165, 1.54) is 10.8 Å². The number of anilines is 1. The molecule has 0 aromatic heterocycles. The molecule has 4 aromatic carbocycles. The van der Waals surface area contributed by atoms with Crippen molar-refractivity contribution in [2.45, 2.75) is 13.2 Å². The van der Waals surface area contributed by atoms with Gasteiger partial charge in [-0.25, -0.2) is 0 Å². The molecule has 0 heterocycles. The number of rotatable bonds is 6. The third-order valence-electron chi connectivity index (χ3n) is 4.64. The Morgan fingerprint density at radius 1 is 0.786 bits per heavy atom. The number of nitrogens with one attached hydrogen (secondary N) is 1. The van der Waals surface area contributed by atoms with E-state index in [2.05, 4.69) is 35.6 Å². The molecule has 0 saturated carbocycles. The van der Waals surface area contributed by atoms with Crippen LogP contribution in [-0.2, 0) is 13.2 Å². The van der Waals surface area contributed by atoms with Gasteiger partial charge in [0.2, 0.25) is 0 Å². The fourth-order valence-corrected chi connectivity index (χ4v) is 3.64. The number of para-hydroxylation sites is 1. The maximum absolute atomic E-state index is 6.30. The van der Waals surface area contributed by atoms with Crippen molar-refractivity contribution in [2.75, 3.05) is 5.32 Å². The number of hydrogen-bond donors (Lipinski definition) is 1. The van der Waals surface area contributed by atoms with Gasteiger partial charge in [0.25, 0.3) is 0 Å². The highest BCUT2D eigenvalue weighted by Crippen LogP contribution is 2.30. The summed E-state index contributed by atoms with van der Waals surface area (Å²) >= 11 is 12.3. The predicted octanol–water partition coefficient (Wildman–Crippen LogP) is 7.34. The number of halogens is 2. The van der Waals surface area contributed by atoms with E-state index >= 15 is 0 Å². The van der Waals surface area contributed by atoms with Crippen molar-refractivity contribution in [1.82, 2.24) is 0 Å². The van der Waals surface area contributed by atoms with E-state index in [0.29, 0.717) is 23.2 Å². The topological polar surface area (TPSA) is 21.3 Å². The highest BCUT2D eigenvalue weighted by molar-refractivity contribution is 6.35. The molecular weight excluding hydrogens is 389 g/mol. The molecule has 0 bridgehead atoms. The van der Waals surface area contributed by atoms with Gasteiger partial charge in [-0.1, -0.05) is 77.8 Å². The van der Waals surface area contributed by atoms with Gasteiger partial charge in [-0.3, -0.25) is 0 Å². The average molecular weight is 408 g/mol. The van der Waals surface area contributed by atoms with Gasteiger partial charge in [-0.15, -0.1) is 0 Å². The van der Waals surface area contributed by atoms with Crippen molar-refractivity contribution < 1.29 is 4.74 Å². The molecule has 0 aliphatic heterocycles. The van der Waals surface area contributed by atoms with Crippen LogP contribution in [0.5, 0.6) is 5.75 Å². The Labute approximate surface area is 174 Å². The largest absolute Gasteiger partial charge is 0.488 e. The van der Waals surface area contributed by atoms with Crippen molar-refractivity contribution in [3.05, 3.63) is 106 Å². The zero-order chi connectivity index (χ0) is 19.3. The van der Waals surface area contributed by atoms with E-state index in [4.69, 9.17) is 27.9 Å². The van der Waals surface area contributed by atoms with Gasteiger partial charge >= 0.3 is 0 Å². The van der Waals surface area contributed by atoms with Gasteiger partial charge in [-0.05, 0) is 41.1 Å². The minimum atomic E-state index is 0.382. The lowest BCUT2D eigenvalue weighted by molar-refractivity contribution is 0.304. The van der Waals surface area contributed by atoms with Gasteiger partial charge in [0.1, 0.15) is 12.4 Å². The third kappa shape index (κ3) is 4.24. The summed E-state index contributed by atoms with van der Waals surface area (Å²) in [5.41, 5.74) is 3.09. The maximum atomic E-state index is 6.30. The Bertz CT molecular complexity index is 1100. The Morgan fingerprint density at radius 2 is 1.57 bits per heavy atom. The average Bonchev–Trinajstić information content (AvgIpc) is 2.72. The standard InChI is InChI=1S/C24H19Cl2NO/c25-19-12-10-18(23(26)14-19)16-28-24-13-11-17-6-4-5-9-21(17)22(24)15-27-20-7-2-1-3-8-20/h1-14,27H,15-16H2. The molecule has 2 nitrogen and oxygen atoms in total. The van der Waals surface area contributed by atoms with Crippen LogP contribution in [0.3, 0.4) is 0 Å². The van der Waals surface area contributed by atoms with Crippen molar-refractivity contribution in [3.8, 4) is 5.75 Å². The quantitative estimate of drug-likeness (QED) is 0.360. The predicted molar refractivity (Wildman–Crippen MR) is 119 cm³/mol. The van der Waals surface area contributed by atoms with Crippen LogP contribution in [0, 0.1) is 0 Å². The molecule has 4 heteroatoms. The molecule has 0 atom stereocenters. The molecular formula is C24H19Cl2NO. The van der Waals surface area contributed by atoms with E-state index in [-0.39, 0.29) is 0 Å². The summed E-state index contributed by atoms with van der Waals surface area (Å²) in [5.74, 6) is 0.841. The van der Waals surface area contributed by atoms with Crippen LogP contribution in [-0.4, -0.2) is 0 Å². The lowest BCUT2D eigenvalue weighted by Gasteiger charge is -2.16. The van der Waals surface area contributed by atoms with Crippen LogP contribution in [0.1, 0.15) is 11.1 Å². The van der Waals surface area contributed by atoms with Crippen LogP contribution in [0.25, 0.3) is 10.8 Å². The SMILES string of the molecule is Clc1ccc(COc2ccc3ccccc3c2CNc2ccccc2)c(Cl)c1. The Kier molecular flexibility index (Phi) is 5.70. The second-order valence-corrected chi connectivity index (χ2v) is 7.35. The van der Waals surface area contributed by atoms with Gasteiger partial charge in [0, 0.05) is 33.4 Å². The zero-order valence-corrected chi connectivity index (χ0v) is 16.7. The maximum Gasteiger partial charge on any atom is 0.125 e. The number of benzene rings is 4. The third-order valence-corrected chi connectivity index (χ3v) is 5.23. The number of ether oxygens (including phenoxy) is 1. The monoisotopic (exact) mass is 407 g/mol. The van der Waals surface area contributed by atoms with Gasteiger partial charge in [0.05, 0.1) is 0 Å². The van der Waals surface area contributed by atoms with Crippen LogP contribution in [0.4, 0.5) is 5.69 Å². The second kappa shape index (κ2) is 8.55. The van der Waals surface area contributed by atoms with E-state index in [1.807, 2.05) is 48.5 Å². The molecule has 0 saturated heterocycles. The molecule has 28 heavy (non-hydrogen) atoms. The molecule has 140 valence electrons. The molecule has 1 N–H and O–H groups in total. The molecule has 4 rings (SSSR count). The summed E-state index contributed by atoms with van der Waals surface area (Å²) in [5, 5.41) is 7.07. The van der Waals surface area contributed by atoms with Gasteiger partial charge < -0.3 is 10.1 Å². The second-order valence-electron chi connectivity index (χ2n) is 6.51. The first-order valence-corrected chi connectivity index (χ1v) is 9.82. The molecule has 0 aliphatic rings. The molecule has 0 unspecified atom stereocenters. The van der Waals surface area contributed by atoms with Gasteiger partial charge in [-0.2, -0.15) is 0 Å². The van der Waals surface area contributed by atoms with Crippen LogP contribution < -0.4 is 10.1 Å². The summed E-state index contributed by atoms with van der Waals surface area (Å²) in [4.78, 5) is 0. The molecule has 0 spiro atoms.